The molecule has 1 unspecified atom stereocenters. The van der Waals surface area contributed by atoms with Gasteiger partial charge in [0, 0.05) is 25.8 Å². The van der Waals surface area contributed by atoms with Crippen molar-refractivity contribution in [1.29, 1.82) is 0 Å². The fourth-order valence-corrected chi connectivity index (χ4v) is 2.74. The third kappa shape index (κ3) is 4.13. The van der Waals surface area contributed by atoms with Crippen molar-refractivity contribution in [2.45, 2.75) is 32.4 Å². The third-order valence-corrected chi connectivity index (χ3v) is 3.68. The van der Waals surface area contributed by atoms with Crippen LogP contribution in [-0.2, 0) is 11.3 Å². The van der Waals surface area contributed by atoms with Gasteiger partial charge in [-0.25, -0.2) is 0 Å². The second kappa shape index (κ2) is 7.35. The van der Waals surface area contributed by atoms with E-state index in [-0.39, 0.29) is 11.8 Å². The summed E-state index contributed by atoms with van der Waals surface area (Å²) in [5.74, 6) is 5.36. The Balaban J connectivity index is 2.04. The topological polar surface area (TPSA) is 93.7 Å². The van der Waals surface area contributed by atoms with Crippen molar-refractivity contribution in [2.75, 3.05) is 25.1 Å². The Morgan fingerprint density at radius 2 is 2.38 bits per heavy atom. The average Bonchev–Trinajstić information content (AvgIpc) is 2.47. The summed E-state index contributed by atoms with van der Waals surface area (Å²) in [6, 6.07) is 5.01. The van der Waals surface area contributed by atoms with E-state index >= 15 is 0 Å². The SMILES string of the molecule is CCOC1CCCN(Cc2ccc([N+](=O)[O-])c(NN)c2)C1. The van der Waals surface area contributed by atoms with Gasteiger partial charge in [-0.05, 0) is 37.9 Å². The second-order valence-corrected chi connectivity index (χ2v) is 5.21. The van der Waals surface area contributed by atoms with Crippen LogP contribution in [0.25, 0.3) is 0 Å². The number of anilines is 1. The number of hydrogen-bond donors (Lipinski definition) is 2. The van der Waals surface area contributed by atoms with Crippen LogP contribution in [0.4, 0.5) is 11.4 Å². The average molecular weight is 294 g/mol. The molecule has 0 bridgehead atoms. The zero-order chi connectivity index (χ0) is 15.2. The molecule has 1 aliphatic heterocycles. The van der Waals surface area contributed by atoms with Crippen LogP contribution >= 0.6 is 0 Å². The Morgan fingerprint density at radius 1 is 1.57 bits per heavy atom. The summed E-state index contributed by atoms with van der Waals surface area (Å²) in [5.41, 5.74) is 3.74. The van der Waals surface area contributed by atoms with Crippen molar-refractivity contribution in [3.63, 3.8) is 0 Å². The third-order valence-electron chi connectivity index (χ3n) is 3.68. The summed E-state index contributed by atoms with van der Waals surface area (Å²) in [6.45, 7) is 5.41. The number of benzene rings is 1. The minimum absolute atomic E-state index is 0.00733. The van der Waals surface area contributed by atoms with Crippen LogP contribution in [0.5, 0.6) is 0 Å². The van der Waals surface area contributed by atoms with Crippen molar-refractivity contribution in [2.24, 2.45) is 5.84 Å². The molecule has 1 aliphatic rings. The van der Waals surface area contributed by atoms with E-state index in [4.69, 9.17) is 10.6 Å². The number of nitrogen functional groups attached to an aromatic ring is 1. The molecule has 1 heterocycles. The summed E-state index contributed by atoms with van der Waals surface area (Å²) in [6.07, 6.45) is 2.49. The minimum atomic E-state index is -0.439. The number of ether oxygens (including phenoxy) is 1. The lowest BCUT2D eigenvalue weighted by atomic mass is 10.1. The summed E-state index contributed by atoms with van der Waals surface area (Å²) in [4.78, 5) is 12.8. The van der Waals surface area contributed by atoms with E-state index in [2.05, 4.69) is 10.3 Å². The molecule has 0 aromatic heterocycles. The number of hydrazine groups is 1. The number of hydrogen-bond acceptors (Lipinski definition) is 6. The molecule has 0 amide bonds. The predicted molar refractivity (Wildman–Crippen MR) is 80.8 cm³/mol. The fraction of sp³-hybridized carbons (Fsp3) is 0.571. The Kier molecular flexibility index (Phi) is 5.49. The van der Waals surface area contributed by atoms with Crippen LogP contribution in [0.15, 0.2) is 18.2 Å². The molecule has 1 fully saturated rings. The molecule has 0 saturated carbocycles. The first kappa shape index (κ1) is 15.7. The highest BCUT2D eigenvalue weighted by molar-refractivity contribution is 5.62. The highest BCUT2D eigenvalue weighted by atomic mass is 16.6. The summed E-state index contributed by atoms with van der Waals surface area (Å²) < 4.78 is 5.68. The van der Waals surface area contributed by atoms with Gasteiger partial charge in [0.15, 0.2) is 0 Å². The molecular weight excluding hydrogens is 272 g/mol. The van der Waals surface area contributed by atoms with E-state index in [9.17, 15) is 10.1 Å². The summed E-state index contributed by atoms with van der Waals surface area (Å²) in [7, 11) is 0. The van der Waals surface area contributed by atoms with Gasteiger partial charge in [-0.2, -0.15) is 0 Å². The maximum Gasteiger partial charge on any atom is 0.293 e. The Bertz CT molecular complexity index is 493. The molecule has 0 aliphatic carbocycles. The monoisotopic (exact) mass is 294 g/mol. The van der Waals surface area contributed by atoms with Gasteiger partial charge in [0.1, 0.15) is 5.69 Å². The van der Waals surface area contributed by atoms with E-state index in [1.165, 1.54) is 6.07 Å². The number of nitrogens with two attached hydrogens (primary N) is 1. The van der Waals surface area contributed by atoms with Crippen molar-refractivity contribution < 1.29 is 9.66 Å². The van der Waals surface area contributed by atoms with Crippen LogP contribution in [-0.4, -0.2) is 35.6 Å². The van der Waals surface area contributed by atoms with Crippen LogP contribution < -0.4 is 11.3 Å². The molecule has 1 aromatic rings. The maximum atomic E-state index is 10.9. The summed E-state index contributed by atoms with van der Waals surface area (Å²) >= 11 is 0. The van der Waals surface area contributed by atoms with Crippen molar-refractivity contribution in [3.05, 3.63) is 33.9 Å². The van der Waals surface area contributed by atoms with Crippen molar-refractivity contribution in [3.8, 4) is 0 Å². The highest BCUT2D eigenvalue weighted by Crippen LogP contribution is 2.25. The minimum Gasteiger partial charge on any atom is -0.377 e. The van der Waals surface area contributed by atoms with Gasteiger partial charge in [-0.1, -0.05) is 6.07 Å². The molecular formula is C14H22N4O3. The molecule has 116 valence electrons. The maximum absolute atomic E-state index is 10.9. The zero-order valence-corrected chi connectivity index (χ0v) is 12.2. The molecule has 1 saturated heterocycles. The van der Waals surface area contributed by atoms with E-state index in [1.807, 2.05) is 6.92 Å². The first-order chi connectivity index (χ1) is 10.1. The van der Waals surface area contributed by atoms with Crippen LogP contribution in [0.1, 0.15) is 25.3 Å². The molecule has 2 rings (SSSR count). The number of likely N-dealkylation sites (tertiary alicyclic amines) is 1. The van der Waals surface area contributed by atoms with Gasteiger partial charge < -0.3 is 10.2 Å². The van der Waals surface area contributed by atoms with E-state index in [0.29, 0.717) is 5.69 Å². The van der Waals surface area contributed by atoms with E-state index < -0.39 is 4.92 Å². The number of nitrogens with zero attached hydrogens (tertiary/aromatic N) is 2. The van der Waals surface area contributed by atoms with E-state index in [0.717, 1.165) is 44.6 Å². The van der Waals surface area contributed by atoms with Gasteiger partial charge in [0.2, 0.25) is 0 Å². The first-order valence-electron chi connectivity index (χ1n) is 7.22. The molecule has 1 aromatic carbocycles. The van der Waals surface area contributed by atoms with Crippen LogP contribution in [0, 0.1) is 10.1 Å². The Labute approximate surface area is 124 Å². The van der Waals surface area contributed by atoms with Crippen LogP contribution in [0.3, 0.4) is 0 Å². The quantitative estimate of drug-likeness (QED) is 0.472. The van der Waals surface area contributed by atoms with Gasteiger partial charge in [0.25, 0.3) is 5.69 Å². The molecule has 7 heteroatoms. The number of nitrogens with one attached hydrogen (secondary N) is 1. The highest BCUT2D eigenvalue weighted by Gasteiger charge is 2.21. The molecule has 0 spiro atoms. The molecule has 7 nitrogen and oxygen atoms in total. The number of nitro groups is 1. The first-order valence-corrected chi connectivity index (χ1v) is 7.22. The number of nitro benzene ring substituents is 1. The standard InChI is InChI=1S/C14H22N4O3/c1-2-21-12-4-3-7-17(10-12)9-11-5-6-14(18(19)20)13(8-11)16-15/h5-6,8,12,16H,2-4,7,9-10,15H2,1H3. The lowest BCUT2D eigenvalue weighted by Gasteiger charge is -2.32. The Hall–Kier alpha value is -1.70. The second-order valence-electron chi connectivity index (χ2n) is 5.21. The van der Waals surface area contributed by atoms with Crippen molar-refractivity contribution in [1.82, 2.24) is 4.90 Å². The van der Waals surface area contributed by atoms with Crippen LogP contribution in [0.2, 0.25) is 0 Å². The van der Waals surface area contributed by atoms with Gasteiger partial charge >= 0.3 is 0 Å². The molecule has 1 atom stereocenters. The summed E-state index contributed by atoms with van der Waals surface area (Å²) in [5, 5.41) is 10.9. The van der Waals surface area contributed by atoms with Gasteiger partial charge in [-0.15, -0.1) is 0 Å². The normalized spacial score (nSPS) is 19.4. The lowest BCUT2D eigenvalue weighted by molar-refractivity contribution is -0.384. The van der Waals surface area contributed by atoms with Crippen molar-refractivity contribution >= 4 is 11.4 Å². The largest absolute Gasteiger partial charge is 0.377 e. The molecule has 0 radical (unpaired) electrons. The van der Waals surface area contributed by atoms with Gasteiger partial charge in [0.05, 0.1) is 11.0 Å². The molecule has 21 heavy (non-hydrogen) atoms. The van der Waals surface area contributed by atoms with Gasteiger partial charge in [-0.3, -0.25) is 20.9 Å². The molecule has 3 N–H and O–H groups in total. The lowest BCUT2D eigenvalue weighted by Crippen LogP contribution is -2.39. The fourth-order valence-electron chi connectivity index (χ4n) is 2.74. The zero-order valence-electron chi connectivity index (χ0n) is 12.2. The predicted octanol–water partition coefficient (Wildman–Crippen LogP) is 1.88. The number of piperidine rings is 1. The smallest absolute Gasteiger partial charge is 0.293 e. The number of rotatable bonds is 6. The Morgan fingerprint density at radius 3 is 3.05 bits per heavy atom. The van der Waals surface area contributed by atoms with E-state index in [1.54, 1.807) is 12.1 Å².